The molecule has 0 saturated carbocycles. The summed E-state index contributed by atoms with van der Waals surface area (Å²) in [5.41, 5.74) is 0. The zero-order chi connectivity index (χ0) is 9.94. The van der Waals surface area contributed by atoms with E-state index in [0.29, 0.717) is 0 Å². The van der Waals surface area contributed by atoms with Crippen LogP contribution in [0.3, 0.4) is 0 Å². The van der Waals surface area contributed by atoms with Crippen LogP contribution in [0.1, 0.15) is 27.7 Å². The fourth-order valence-electron chi connectivity index (χ4n) is 0.797. The highest BCUT2D eigenvalue weighted by atomic mass is 35.5. The van der Waals surface area contributed by atoms with Gasteiger partial charge in [0.15, 0.2) is 4.33 Å². The van der Waals surface area contributed by atoms with E-state index >= 15 is 0 Å². The molecule has 0 rings (SSSR count). The van der Waals surface area contributed by atoms with Crippen molar-refractivity contribution in [1.29, 1.82) is 0 Å². The summed E-state index contributed by atoms with van der Waals surface area (Å²) in [5, 5.41) is 0. The average molecular weight is 213 g/mol. The Bertz CT molecular complexity index is 166. The first kappa shape index (κ1) is 12.0. The predicted octanol–water partition coefficient (Wildman–Crippen LogP) is 2.77. The third kappa shape index (κ3) is 3.20. The zero-order valence-electron chi connectivity index (χ0n) is 7.73. The summed E-state index contributed by atoms with van der Waals surface area (Å²) in [6, 6.07) is 0. The van der Waals surface area contributed by atoms with Gasteiger partial charge in [-0.3, -0.25) is 4.79 Å². The molecule has 1 unspecified atom stereocenters. The van der Waals surface area contributed by atoms with E-state index in [2.05, 4.69) is 0 Å². The Morgan fingerprint density at radius 3 is 2.00 bits per heavy atom. The monoisotopic (exact) mass is 212 g/mol. The molecule has 72 valence electrons. The molecule has 0 bridgehead atoms. The largest absolute Gasteiger partial charge is 0.460 e. The molecule has 12 heavy (non-hydrogen) atoms. The normalized spacial score (nSPS) is 14.6. The lowest BCUT2D eigenvalue weighted by Gasteiger charge is -2.29. The van der Waals surface area contributed by atoms with Crippen LogP contribution in [0.25, 0.3) is 0 Å². The Morgan fingerprint density at radius 1 is 1.33 bits per heavy atom. The maximum atomic E-state index is 10.6. The van der Waals surface area contributed by atoms with Gasteiger partial charge in [0, 0.05) is 6.92 Å². The molecule has 1 atom stereocenters. The molecule has 0 N–H and O–H groups in total. The van der Waals surface area contributed by atoms with Crippen molar-refractivity contribution in [3.63, 3.8) is 0 Å². The number of esters is 1. The molecular weight excluding hydrogens is 199 g/mol. The average Bonchev–Trinajstić information content (AvgIpc) is 1.85. The summed E-state index contributed by atoms with van der Waals surface area (Å²) in [7, 11) is 0. The van der Waals surface area contributed by atoms with Gasteiger partial charge in [-0.15, -0.1) is 0 Å². The first-order valence-corrected chi connectivity index (χ1v) is 4.59. The Morgan fingerprint density at radius 2 is 1.75 bits per heavy atom. The topological polar surface area (TPSA) is 26.3 Å². The molecule has 0 aromatic carbocycles. The van der Waals surface area contributed by atoms with E-state index < -0.39 is 10.4 Å². The zero-order valence-corrected chi connectivity index (χ0v) is 9.24. The SMILES string of the molecule is CC(=O)OC(C)C(Cl)(Cl)C(C)C. The molecule has 0 heterocycles. The highest BCUT2D eigenvalue weighted by molar-refractivity contribution is 6.49. The van der Waals surface area contributed by atoms with Crippen LogP contribution in [-0.2, 0) is 9.53 Å². The van der Waals surface area contributed by atoms with Crippen LogP contribution >= 0.6 is 23.2 Å². The van der Waals surface area contributed by atoms with Gasteiger partial charge in [0.25, 0.3) is 0 Å². The van der Waals surface area contributed by atoms with E-state index in [1.165, 1.54) is 6.92 Å². The maximum Gasteiger partial charge on any atom is 0.302 e. The number of rotatable bonds is 3. The number of hydrogen-bond acceptors (Lipinski definition) is 2. The van der Waals surface area contributed by atoms with E-state index in [0.717, 1.165) is 0 Å². The highest BCUT2D eigenvalue weighted by Crippen LogP contribution is 2.35. The minimum absolute atomic E-state index is 0.0372. The van der Waals surface area contributed by atoms with Crippen LogP contribution in [0.5, 0.6) is 0 Å². The lowest BCUT2D eigenvalue weighted by Crippen LogP contribution is -2.37. The molecule has 0 radical (unpaired) electrons. The Kier molecular flexibility index (Phi) is 4.35. The molecular formula is C8H14Cl2O2. The van der Waals surface area contributed by atoms with Crippen molar-refractivity contribution in [3.8, 4) is 0 Å². The lowest BCUT2D eigenvalue weighted by molar-refractivity contribution is -0.146. The summed E-state index contributed by atoms with van der Waals surface area (Å²) < 4.78 is 3.87. The summed E-state index contributed by atoms with van der Waals surface area (Å²) in [6.07, 6.45) is -0.488. The van der Waals surface area contributed by atoms with Crippen LogP contribution in [0, 0.1) is 5.92 Å². The molecule has 0 aliphatic carbocycles. The van der Waals surface area contributed by atoms with Gasteiger partial charge in [-0.25, -0.2) is 0 Å². The molecule has 0 fully saturated rings. The van der Waals surface area contributed by atoms with Crippen molar-refractivity contribution < 1.29 is 9.53 Å². The fraction of sp³-hybridized carbons (Fsp3) is 0.875. The van der Waals surface area contributed by atoms with Gasteiger partial charge in [-0.1, -0.05) is 37.0 Å². The number of carbonyl (C=O) groups excluding carboxylic acids is 1. The van der Waals surface area contributed by atoms with Gasteiger partial charge in [-0.05, 0) is 12.8 Å². The lowest BCUT2D eigenvalue weighted by atomic mass is 10.1. The third-order valence-corrected chi connectivity index (χ3v) is 3.14. The number of hydrogen-bond donors (Lipinski definition) is 0. The molecule has 0 amide bonds. The first-order valence-electron chi connectivity index (χ1n) is 3.83. The summed E-state index contributed by atoms with van der Waals surface area (Å²) in [4.78, 5) is 10.6. The molecule has 4 heteroatoms. The van der Waals surface area contributed by atoms with Gasteiger partial charge in [0.05, 0.1) is 0 Å². The fourth-order valence-corrected chi connectivity index (χ4v) is 0.886. The second-order valence-corrected chi connectivity index (χ2v) is 4.53. The first-order chi connectivity index (χ1) is 5.28. The van der Waals surface area contributed by atoms with Crippen molar-refractivity contribution in [3.05, 3.63) is 0 Å². The van der Waals surface area contributed by atoms with Crippen LogP contribution in [0.4, 0.5) is 0 Å². The van der Waals surface area contributed by atoms with E-state index in [-0.39, 0.29) is 11.9 Å². The van der Waals surface area contributed by atoms with Crippen molar-refractivity contribution in [1.82, 2.24) is 0 Å². The van der Waals surface area contributed by atoms with Crippen molar-refractivity contribution in [2.24, 2.45) is 5.92 Å². The van der Waals surface area contributed by atoms with Crippen LogP contribution in [0.15, 0.2) is 0 Å². The quantitative estimate of drug-likeness (QED) is 0.532. The smallest absolute Gasteiger partial charge is 0.302 e. The van der Waals surface area contributed by atoms with Gasteiger partial charge >= 0.3 is 5.97 Å². The number of halogens is 2. The summed E-state index contributed by atoms with van der Waals surface area (Å²) >= 11 is 11.9. The van der Waals surface area contributed by atoms with E-state index in [9.17, 15) is 4.79 Å². The standard InChI is InChI=1S/C8H14Cl2O2/c1-5(2)8(9,10)6(3)12-7(4)11/h5-6H,1-4H3. The minimum atomic E-state index is -1.01. The number of carbonyl (C=O) groups is 1. The van der Waals surface area contributed by atoms with Gasteiger partial charge < -0.3 is 4.74 Å². The van der Waals surface area contributed by atoms with Gasteiger partial charge in [0.1, 0.15) is 6.10 Å². The molecule has 0 aromatic rings. The Balaban J connectivity index is 4.24. The Labute approximate surface area is 83.2 Å². The molecule has 2 nitrogen and oxygen atoms in total. The number of ether oxygens (including phenoxy) is 1. The minimum Gasteiger partial charge on any atom is -0.460 e. The van der Waals surface area contributed by atoms with E-state index in [1.54, 1.807) is 6.92 Å². The second kappa shape index (κ2) is 4.33. The van der Waals surface area contributed by atoms with Crippen LogP contribution < -0.4 is 0 Å². The summed E-state index contributed by atoms with van der Waals surface area (Å²) in [6.45, 7) is 6.77. The molecule has 0 saturated heterocycles. The van der Waals surface area contributed by atoms with Crippen LogP contribution in [0.2, 0.25) is 0 Å². The molecule has 0 aliphatic rings. The van der Waals surface area contributed by atoms with Crippen molar-refractivity contribution in [2.75, 3.05) is 0 Å². The molecule has 0 spiro atoms. The summed E-state index contributed by atoms with van der Waals surface area (Å²) in [5.74, 6) is -0.330. The second-order valence-electron chi connectivity index (χ2n) is 3.08. The predicted molar refractivity (Wildman–Crippen MR) is 50.5 cm³/mol. The molecule has 0 aliphatic heterocycles. The highest BCUT2D eigenvalue weighted by Gasteiger charge is 2.37. The van der Waals surface area contributed by atoms with Gasteiger partial charge in [0.2, 0.25) is 0 Å². The van der Waals surface area contributed by atoms with E-state index in [1.807, 2.05) is 13.8 Å². The Hall–Kier alpha value is 0.0500. The number of alkyl halides is 2. The van der Waals surface area contributed by atoms with Gasteiger partial charge in [-0.2, -0.15) is 0 Å². The molecule has 0 aromatic heterocycles. The van der Waals surface area contributed by atoms with Crippen LogP contribution in [-0.4, -0.2) is 16.4 Å². The van der Waals surface area contributed by atoms with E-state index in [4.69, 9.17) is 27.9 Å². The van der Waals surface area contributed by atoms with Crippen molar-refractivity contribution >= 4 is 29.2 Å². The third-order valence-electron chi connectivity index (χ3n) is 1.65. The van der Waals surface area contributed by atoms with Crippen molar-refractivity contribution in [2.45, 2.75) is 38.1 Å². The maximum absolute atomic E-state index is 10.6.